The lowest BCUT2D eigenvalue weighted by Gasteiger charge is -2.28. The van der Waals surface area contributed by atoms with Gasteiger partial charge in [-0.05, 0) is 49.6 Å². The molecule has 0 radical (unpaired) electrons. The molecule has 1 aliphatic rings. The van der Waals surface area contributed by atoms with E-state index in [1.54, 1.807) is 0 Å². The van der Waals surface area contributed by atoms with Crippen LogP contribution in [0.15, 0.2) is 48.5 Å². The largest absolute Gasteiger partial charge is 0.324 e. The molecule has 1 amide bonds. The maximum atomic E-state index is 12.6. The van der Waals surface area contributed by atoms with Crippen molar-refractivity contribution >= 4 is 28.4 Å². The highest BCUT2D eigenvalue weighted by molar-refractivity contribution is 6.31. The number of rotatable bonds is 3. The van der Waals surface area contributed by atoms with Gasteiger partial charge in [0.2, 0.25) is 5.91 Å². The second-order valence-corrected chi connectivity index (χ2v) is 7.20. The van der Waals surface area contributed by atoms with Crippen molar-refractivity contribution in [2.45, 2.75) is 39.4 Å². The molecule has 0 saturated carbocycles. The van der Waals surface area contributed by atoms with Gasteiger partial charge in [-0.1, -0.05) is 41.9 Å². The average Bonchev–Trinajstić information content (AvgIpc) is 3.08. The summed E-state index contributed by atoms with van der Waals surface area (Å²) in [5, 5.41) is 1.92. The smallest absolute Gasteiger partial charge is 0.224 e. The molecule has 2 aromatic carbocycles. The Labute approximate surface area is 152 Å². The van der Waals surface area contributed by atoms with Crippen molar-refractivity contribution in [1.82, 2.24) is 9.47 Å². The number of aromatic nitrogens is 1. The molecule has 0 spiro atoms. The first-order valence-corrected chi connectivity index (χ1v) is 9.04. The number of carbonyl (C=O) groups excluding carboxylic acids is 1. The maximum absolute atomic E-state index is 12.6. The van der Waals surface area contributed by atoms with E-state index in [9.17, 15) is 4.79 Å². The number of halogens is 1. The molecule has 128 valence electrons. The summed E-state index contributed by atoms with van der Waals surface area (Å²) in [5.74, 6) is 0.224. The van der Waals surface area contributed by atoms with Gasteiger partial charge >= 0.3 is 0 Å². The number of nitrogens with zero attached hydrogens (tertiary/aromatic N) is 2. The standard InChI is InChI=1S/C21H21ClN2O/c1-14-15(2)24(19-9-8-17(22)12-18(14)19)20-10-11-21(25)23(20)13-16-6-4-3-5-7-16/h3-9,12,20H,10-11,13H2,1-2H3/t20-/m1/s1. The first kappa shape index (κ1) is 16.2. The predicted octanol–water partition coefficient (Wildman–Crippen LogP) is 5.23. The lowest BCUT2D eigenvalue weighted by molar-refractivity contribution is -0.130. The lowest BCUT2D eigenvalue weighted by Crippen LogP contribution is -2.31. The van der Waals surface area contributed by atoms with Crippen LogP contribution in [-0.4, -0.2) is 15.4 Å². The minimum absolute atomic E-state index is 0.0603. The monoisotopic (exact) mass is 352 g/mol. The zero-order valence-electron chi connectivity index (χ0n) is 14.5. The van der Waals surface area contributed by atoms with Gasteiger partial charge in [0.25, 0.3) is 0 Å². The fourth-order valence-electron chi connectivity index (χ4n) is 3.92. The van der Waals surface area contributed by atoms with Crippen molar-refractivity contribution in [3.63, 3.8) is 0 Å². The third-order valence-corrected chi connectivity index (χ3v) is 5.55. The number of carbonyl (C=O) groups is 1. The molecule has 0 bridgehead atoms. The number of hydrogen-bond donors (Lipinski definition) is 0. The molecule has 3 aromatic rings. The van der Waals surface area contributed by atoms with Crippen LogP contribution in [0.4, 0.5) is 0 Å². The van der Waals surface area contributed by atoms with Crippen molar-refractivity contribution in [2.75, 3.05) is 0 Å². The summed E-state index contributed by atoms with van der Waals surface area (Å²) in [4.78, 5) is 14.6. The molecule has 0 unspecified atom stereocenters. The minimum atomic E-state index is 0.0603. The molecule has 0 N–H and O–H groups in total. The Bertz CT molecular complexity index is 945. The second-order valence-electron chi connectivity index (χ2n) is 6.77. The summed E-state index contributed by atoms with van der Waals surface area (Å²) >= 11 is 6.20. The zero-order chi connectivity index (χ0) is 17.6. The van der Waals surface area contributed by atoms with Gasteiger partial charge in [-0.15, -0.1) is 0 Å². The van der Waals surface area contributed by atoms with Gasteiger partial charge in [0, 0.05) is 29.1 Å². The van der Waals surface area contributed by atoms with Gasteiger partial charge in [-0.2, -0.15) is 0 Å². The number of benzene rings is 2. The molecule has 1 saturated heterocycles. The molecule has 2 heterocycles. The number of amides is 1. The van der Waals surface area contributed by atoms with Crippen LogP contribution >= 0.6 is 11.6 Å². The van der Waals surface area contributed by atoms with Gasteiger partial charge in [0.05, 0.1) is 5.52 Å². The SMILES string of the molecule is Cc1c(C)n([C@@H]2CCC(=O)N2Cc2ccccc2)c2ccc(Cl)cc12. The molecule has 1 fully saturated rings. The first-order chi connectivity index (χ1) is 12.1. The minimum Gasteiger partial charge on any atom is -0.324 e. The Morgan fingerprint density at radius 2 is 1.88 bits per heavy atom. The molecule has 3 nitrogen and oxygen atoms in total. The highest BCUT2D eigenvalue weighted by atomic mass is 35.5. The second kappa shape index (κ2) is 6.23. The molecule has 25 heavy (non-hydrogen) atoms. The number of likely N-dealkylation sites (tertiary alicyclic amines) is 1. The molecule has 4 heteroatoms. The van der Waals surface area contributed by atoms with Crippen LogP contribution in [0, 0.1) is 13.8 Å². The van der Waals surface area contributed by atoms with E-state index < -0.39 is 0 Å². The summed E-state index contributed by atoms with van der Waals surface area (Å²) in [6.07, 6.45) is 1.51. The van der Waals surface area contributed by atoms with E-state index in [1.807, 2.05) is 35.2 Å². The number of aryl methyl sites for hydroxylation is 1. The van der Waals surface area contributed by atoms with Crippen molar-refractivity contribution in [1.29, 1.82) is 0 Å². The highest BCUT2D eigenvalue weighted by Gasteiger charge is 2.34. The van der Waals surface area contributed by atoms with E-state index in [4.69, 9.17) is 11.6 Å². The summed E-state index contributed by atoms with van der Waals surface area (Å²) in [6, 6.07) is 16.2. The van der Waals surface area contributed by atoms with Crippen LogP contribution in [0.1, 0.15) is 35.8 Å². The molecular formula is C21H21ClN2O. The Morgan fingerprint density at radius 3 is 2.64 bits per heavy atom. The number of hydrogen-bond acceptors (Lipinski definition) is 1. The Kier molecular flexibility index (Phi) is 4.04. The Morgan fingerprint density at radius 1 is 1.12 bits per heavy atom. The van der Waals surface area contributed by atoms with E-state index in [1.165, 1.54) is 16.6 Å². The van der Waals surface area contributed by atoms with Gasteiger partial charge in [-0.25, -0.2) is 0 Å². The Balaban J connectivity index is 1.79. The summed E-state index contributed by atoms with van der Waals surface area (Å²) in [7, 11) is 0. The van der Waals surface area contributed by atoms with Crippen molar-refractivity contribution in [3.8, 4) is 0 Å². The van der Waals surface area contributed by atoms with Crippen LogP contribution in [0.3, 0.4) is 0 Å². The van der Waals surface area contributed by atoms with E-state index in [0.717, 1.165) is 22.5 Å². The van der Waals surface area contributed by atoms with Crippen LogP contribution < -0.4 is 0 Å². The third kappa shape index (κ3) is 2.73. The average molecular weight is 353 g/mol. The van der Waals surface area contributed by atoms with Crippen molar-refractivity contribution in [2.24, 2.45) is 0 Å². The van der Waals surface area contributed by atoms with Gasteiger partial charge in [0.15, 0.2) is 0 Å². The molecule has 0 aliphatic carbocycles. The summed E-state index contributed by atoms with van der Waals surface area (Å²) < 4.78 is 2.31. The van der Waals surface area contributed by atoms with Gasteiger partial charge in [-0.3, -0.25) is 4.79 Å². The molecule has 4 rings (SSSR count). The van der Waals surface area contributed by atoms with Crippen molar-refractivity contribution < 1.29 is 4.79 Å². The molecule has 1 atom stereocenters. The molecule has 1 aliphatic heterocycles. The lowest BCUT2D eigenvalue weighted by atomic mass is 10.2. The van der Waals surface area contributed by atoms with Crippen molar-refractivity contribution in [3.05, 3.63) is 70.4 Å². The van der Waals surface area contributed by atoms with E-state index in [2.05, 4.69) is 36.6 Å². The predicted molar refractivity (Wildman–Crippen MR) is 102 cm³/mol. The van der Waals surface area contributed by atoms with Crippen LogP contribution in [-0.2, 0) is 11.3 Å². The quantitative estimate of drug-likeness (QED) is 0.633. The van der Waals surface area contributed by atoms with E-state index in [0.29, 0.717) is 13.0 Å². The van der Waals surface area contributed by atoms with Crippen LogP contribution in [0.5, 0.6) is 0 Å². The Hall–Kier alpha value is -2.26. The maximum Gasteiger partial charge on any atom is 0.224 e. The van der Waals surface area contributed by atoms with E-state index >= 15 is 0 Å². The topological polar surface area (TPSA) is 25.2 Å². The first-order valence-electron chi connectivity index (χ1n) is 8.66. The fourth-order valence-corrected chi connectivity index (χ4v) is 4.09. The normalized spacial score (nSPS) is 17.6. The van der Waals surface area contributed by atoms with Crippen LogP contribution in [0.25, 0.3) is 10.9 Å². The van der Waals surface area contributed by atoms with Crippen LogP contribution in [0.2, 0.25) is 5.02 Å². The summed E-state index contributed by atoms with van der Waals surface area (Å²) in [5.41, 5.74) is 4.75. The van der Waals surface area contributed by atoms with Gasteiger partial charge < -0.3 is 9.47 Å². The fraction of sp³-hybridized carbons (Fsp3) is 0.286. The molecular weight excluding hydrogens is 332 g/mol. The zero-order valence-corrected chi connectivity index (χ0v) is 15.3. The molecule has 1 aromatic heterocycles. The number of fused-ring (bicyclic) bond motifs is 1. The summed E-state index contributed by atoms with van der Waals surface area (Å²) in [6.45, 7) is 4.91. The highest BCUT2D eigenvalue weighted by Crippen LogP contribution is 2.37. The van der Waals surface area contributed by atoms with E-state index in [-0.39, 0.29) is 12.1 Å². The van der Waals surface area contributed by atoms with Gasteiger partial charge in [0.1, 0.15) is 6.17 Å². The third-order valence-electron chi connectivity index (χ3n) is 5.32.